The smallest absolute Gasteiger partial charge is 0.0411 e. The van der Waals surface area contributed by atoms with Gasteiger partial charge in [0.2, 0.25) is 0 Å². The van der Waals surface area contributed by atoms with Crippen molar-refractivity contribution in [1.82, 2.24) is 0 Å². The molecule has 0 fully saturated rings. The quantitative estimate of drug-likeness (QED) is 0.463. The minimum absolute atomic E-state index is 0.865. The third-order valence-corrected chi connectivity index (χ3v) is 2.89. The summed E-state index contributed by atoms with van der Waals surface area (Å²) in [6, 6.07) is 6.33. The molecule has 0 atom stereocenters. The highest BCUT2D eigenvalue weighted by Crippen LogP contribution is 2.16. The molecule has 0 radical (unpaired) electrons. The van der Waals surface area contributed by atoms with Crippen LogP contribution in [-0.2, 0) is 6.42 Å². The summed E-state index contributed by atoms with van der Waals surface area (Å²) in [4.78, 5) is 0. The Labute approximate surface area is 104 Å². The van der Waals surface area contributed by atoms with Gasteiger partial charge in [0, 0.05) is 5.02 Å². The molecule has 0 aliphatic carbocycles. The lowest BCUT2D eigenvalue weighted by atomic mass is 10.0. The summed E-state index contributed by atoms with van der Waals surface area (Å²) in [6.45, 7) is 4.18. The molecular formula is C15H21Cl. The summed E-state index contributed by atoms with van der Waals surface area (Å²) in [7, 11) is 0. The van der Waals surface area contributed by atoms with E-state index < -0.39 is 0 Å². The summed E-state index contributed by atoms with van der Waals surface area (Å²) in [5.74, 6) is 0. The molecule has 1 heteroatoms. The van der Waals surface area contributed by atoms with Crippen molar-refractivity contribution in [2.45, 2.75) is 46.0 Å². The summed E-state index contributed by atoms with van der Waals surface area (Å²) < 4.78 is 0. The van der Waals surface area contributed by atoms with Gasteiger partial charge in [0.1, 0.15) is 0 Å². The Kier molecular flexibility index (Phi) is 6.25. The SMILES string of the molecule is C/C=C/CCCCCc1cc(C)cc(Cl)c1. The summed E-state index contributed by atoms with van der Waals surface area (Å²) in [5, 5.41) is 0.865. The van der Waals surface area contributed by atoms with Gasteiger partial charge in [-0.3, -0.25) is 0 Å². The van der Waals surface area contributed by atoms with Gasteiger partial charge in [0.15, 0.2) is 0 Å². The lowest BCUT2D eigenvalue weighted by Gasteiger charge is -2.03. The molecule has 16 heavy (non-hydrogen) atoms. The van der Waals surface area contributed by atoms with Gasteiger partial charge in [-0.2, -0.15) is 0 Å². The molecule has 0 nitrogen and oxygen atoms in total. The van der Waals surface area contributed by atoms with Crippen LogP contribution < -0.4 is 0 Å². The number of rotatable bonds is 6. The predicted molar refractivity (Wildman–Crippen MR) is 73.2 cm³/mol. The zero-order chi connectivity index (χ0) is 11.8. The second-order valence-electron chi connectivity index (χ2n) is 4.31. The standard InChI is InChI=1S/C15H21Cl/c1-3-4-5-6-7-8-9-14-10-13(2)11-15(16)12-14/h3-4,10-12H,5-9H2,1-2H3/b4-3+. The van der Waals surface area contributed by atoms with Crippen molar-refractivity contribution in [2.24, 2.45) is 0 Å². The van der Waals surface area contributed by atoms with E-state index in [0.717, 1.165) is 11.4 Å². The van der Waals surface area contributed by atoms with Crippen molar-refractivity contribution < 1.29 is 0 Å². The molecule has 0 aliphatic heterocycles. The highest BCUT2D eigenvalue weighted by Gasteiger charge is 1.97. The van der Waals surface area contributed by atoms with Gasteiger partial charge in [0.25, 0.3) is 0 Å². The monoisotopic (exact) mass is 236 g/mol. The Morgan fingerprint density at radius 1 is 1.12 bits per heavy atom. The molecule has 0 saturated heterocycles. The third kappa shape index (κ3) is 5.37. The van der Waals surface area contributed by atoms with Crippen molar-refractivity contribution >= 4 is 11.6 Å². The van der Waals surface area contributed by atoms with Crippen LogP contribution in [0, 0.1) is 6.92 Å². The molecule has 0 amide bonds. The molecule has 0 spiro atoms. The molecule has 0 unspecified atom stereocenters. The normalized spacial score (nSPS) is 11.2. The Morgan fingerprint density at radius 2 is 1.94 bits per heavy atom. The molecule has 88 valence electrons. The first-order chi connectivity index (χ1) is 7.72. The Hall–Kier alpha value is -0.750. The van der Waals surface area contributed by atoms with Gasteiger partial charge < -0.3 is 0 Å². The fourth-order valence-electron chi connectivity index (χ4n) is 1.89. The van der Waals surface area contributed by atoms with Crippen LogP contribution in [0.1, 0.15) is 43.7 Å². The van der Waals surface area contributed by atoms with E-state index in [-0.39, 0.29) is 0 Å². The van der Waals surface area contributed by atoms with Crippen molar-refractivity contribution in [3.05, 3.63) is 46.5 Å². The van der Waals surface area contributed by atoms with Crippen LogP contribution in [0.25, 0.3) is 0 Å². The molecule has 0 aliphatic rings. The van der Waals surface area contributed by atoms with Crippen LogP contribution in [0.15, 0.2) is 30.4 Å². The molecule has 1 aromatic carbocycles. The number of aryl methyl sites for hydroxylation is 2. The second-order valence-corrected chi connectivity index (χ2v) is 4.74. The van der Waals surface area contributed by atoms with Crippen LogP contribution in [0.3, 0.4) is 0 Å². The van der Waals surface area contributed by atoms with E-state index in [4.69, 9.17) is 11.6 Å². The molecule has 0 heterocycles. The van der Waals surface area contributed by atoms with Crippen molar-refractivity contribution in [1.29, 1.82) is 0 Å². The van der Waals surface area contributed by atoms with Gasteiger partial charge in [-0.15, -0.1) is 0 Å². The van der Waals surface area contributed by atoms with E-state index in [1.807, 2.05) is 6.07 Å². The molecule has 1 aromatic rings. The van der Waals surface area contributed by atoms with E-state index in [1.54, 1.807) is 0 Å². The van der Waals surface area contributed by atoms with Gasteiger partial charge >= 0.3 is 0 Å². The van der Waals surface area contributed by atoms with E-state index >= 15 is 0 Å². The predicted octanol–water partition coefficient (Wildman–Crippen LogP) is 5.33. The van der Waals surface area contributed by atoms with Crippen LogP contribution in [0.2, 0.25) is 5.02 Å². The van der Waals surface area contributed by atoms with Gasteiger partial charge in [-0.05, 0) is 62.8 Å². The van der Waals surface area contributed by atoms with Gasteiger partial charge in [-0.25, -0.2) is 0 Å². The summed E-state index contributed by atoms with van der Waals surface area (Å²) in [5.41, 5.74) is 2.63. The number of benzene rings is 1. The summed E-state index contributed by atoms with van der Waals surface area (Å²) >= 11 is 6.02. The average Bonchev–Trinajstić information content (AvgIpc) is 2.22. The van der Waals surface area contributed by atoms with Crippen molar-refractivity contribution in [3.8, 4) is 0 Å². The first-order valence-electron chi connectivity index (χ1n) is 6.09. The molecule has 0 bridgehead atoms. The number of unbranched alkanes of at least 4 members (excludes halogenated alkanes) is 3. The third-order valence-electron chi connectivity index (χ3n) is 2.67. The van der Waals surface area contributed by atoms with Crippen LogP contribution in [0.4, 0.5) is 0 Å². The molecule has 0 N–H and O–H groups in total. The maximum atomic E-state index is 6.02. The average molecular weight is 237 g/mol. The fraction of sp³-hybridized carbons (Fsp3) is 0.467. The van der Waals surface area contributed by atoms with E-state index in [9.17, 15) is 0 Å². The second kappa shape index (κ2) is 7.51. The van der Waals surface area contributed by atoms with Crippen LogP contribution >= 0.6 is 11.6 Å². The zero-order valence-corrected chi connectivity index (χ0v) is 11.1. The van der Waals surface area contributed by atoms with E-state index in [1.165, 1.54) is 36.8 Å². The molecule has 0 aromatic heterocycles. The highest BCUT2D eigenvalue weighted by atomic mass is 35.5. The number of halogens is 1. The lowest BCUT2D eigenvalue weighted by molar-refractivity contribution is 0.686. The Morgan fingerprint density at radius 3 is 2.62 bits per heavy atom. The van der Waals surface area contributed by atoms with E-state index in [0.29, 0.717) is 0 Å². The maximum Gasteiger partial charge on any atom is 0.0411 e. The van der Waals surface area contributed by atoms with Gasteiger partial charge in [-0.1, -0.05) is 36.2 Å². The number of hydrogen-bond donors (Lipinski definition) is 0. The van der Waals surface area contributed by atoms with Crippen molar-refractivity contribution in [3.63, 3.8) is 0 Å². The minimum Gasteiger partial charge on any atom is -0.0917 e. The Bertz CT molecular complexity index is 319. The molecular weight excluding hydrogens is 216 g/mol. The lowest BCUT2D eigenvalue weighted by Crippen LogP contribution is -1.87. The molecule has 0 saturated carbocycles. The molecule has 1 rings (SSSR count). The van der Waals surface area contributed by atoms with Crippen LogP contribution in [0.5, 0.6) is 0 Å². The first kappa shape index (κ1) is 13.3. The van der Waals surface area contributed by atoms with Crippen LogP contribution in [-0.4, -0.2) is 0 Å². The fourth-order valence-corrected chi connectivity index (χ4v) is 2.20. The van der Waals surface area contributed by atoms with Gasteiger partial charge in [0.05, 0.1) is 0 Å². The maximum absolute atomic E-state index is 6.02. The summed E-state index contributed by atoms with van der Waals surface area (Å²) in [6.07, 6.45) is 10.6. The highest BCUT2D eigenvalue weighted by molar-refractivity contribution is 6.30. The largest absolute Gasteiger partial charge is 0.0917 e. The topological polar surface area (TPSA) is 0 Å². The van der Waals surface area contributed by atoms with Crippen molar-refractivity contribution in [2.75, 3.05) is 0 Å². The number of allylic oxidation sites excluding steroid dienone is 2. The first-order valence-corrected chi connectivity index (χ1v) is 6.47. The minimum atomic E-state index is 0.865. The Balaban J connectivity index is 2.26. The number of hydrogen-bond acceptors (Lipinski definition) is 0. The zero-order valence-electron chi connectivity index (χ0n) is 10.3. The van der Waals surface area contributed by atoms with E-state index in [2.05, 4.69) is 38.1 Å².